The van der Waals surface area contributed by atoms with Gasteiger partial charge in [-0.15, -0.1) is 0 Å². The lowest BCUT2D eigenvalue weighted by Crippen LogP contribution is -2.31. The van der Waals surface area contributed by atoms with Crippen molar-refractivity contribution in [2.45, 2.75) is 11.8 Å². The molecule has 0 atom stereocenters. The number of benzene rings is 1. The Morgan fingerprint density at radius 3 is 2.58 bits per heavy atom. The van der Waals surface area contributed by atoms with E-state index in [1.165, 1.54) is 25.3 Å². The molecule has 126 valence electrons. The summed E-state index contributed by atoms with van der Waals surface area (Å²) in [6, 6.07) is 6.10. The molecule has 0 radical (unpaired) electrons. The van der Waals surface area contributed by atoms with E-state index in [2.05, 4.69) is 4.98 Å². The van der Waals surface area contributed by atoms with Crippen molar-refractivity contribution in [3.8, 4) is 0 Å². The van der Waals surface area contributed by atoms with Crippen LogP contribution >= 0.6 is 0 Å². The van der Waals surface area contributed by atoms with Crippen LogP contribution in [0.1, 0.15) is 17.3 Å². The second kappa shape index (κ2) is 6.62. The van der Waals surface area contributed by atoms with Gasteiger partial charge in [0, 0.05) is 18.8 Å². The second-order valence-corrected chi connectivity index (χ2v) is 6.46. The van der Waals surface area contributed by atoms with Gasteiger partial charge in [-0.3, -0.25) is 19.4 Å². The molecule has 2 aromatic rings. The summed E-state index contributed by atoms with van der Waals surface area (Å²) in [7, 11) is -4.26. The van der Waals surface area contributed by atoms with Crippen LogP contribution in [0, 0.1) is 10.1 Å². The van der Waals surface area contributed by atoms with Crippen LogP contribution < -0.4 is 4.31 Å². The Morgan fingerprint density at radius 1 is 1.33 bits per heavy atom. The number of nitro groups is 1. The van der Waals surface area contributed by atoms with E-state index in [1.54, 1.807) is 0 Å². The lowest BCUT2D eigenvalue weighted by atomic mass is 10.2. The number of hydrogen-bond donors (Lipinski definition) is 1. The monoisotopic (exact) mass is 351 g/mol. The number of carbonyl (C=O) groups is 1. The first-order valence-electron chi connectivity index (χ1n) is 6.73. The van der Waals surface area contributed by atoms with E-state index in [4.69, 9.17) is 5.11 Å². The van der Waals surface area contributed by atoms with Crippen LogP contribution in [-0.2, 0) is 10.0 Å². The van der Waals surface area contributed by atoms with Crippen molar-refractivity contribution < 1.29 is 23.2 Å². The number of nitro benzene ring substituents is 1. The van der Waals surface area contributed by atoms with Crippen LogP contribution in [0.4, 0.5) is 11.4 Å². The lowest BCUT2D eigenvalue weighted by Gasteiger charge is -2.22. The molecular formula is C14H13N3O6S. The molecular weight excluding hydrogens is 338 g/mol. The molecule has 0 unspecified atom stereocenters. The third-order valence-electron chi connectivity index (χ3n) is 3.18. The molecule has 0 saturated heterocycles. The van der Waals surface area contributed by atoms with Crippen molar-refractivity contribution in [1.82, 2.24) is 4.98 Å². The van der Waals surface area contributed by atoms with Crippen molar-refractivity contribution >= 4 is 27.4 Å². The highest BCUT2D eigenvalue weighted by Gasteiger charge is 2.31. The number of anilines is 1. The van der Waals surface area contributed by atoms with Gasteiger partial charge in [0.05, 0.1) is 22.4 Å². The van der Waals surface area contributed by atoms with E-state index in [9.17, 15) is 23.3 Å². The van der Waals surface area contributed by atoms with Gasteiger partial charge in [-0.1, -0.05) is 12.1 Å². The number of nitrogens with zero attached hydrogens (tertiary/aromatic N) is 3. The predicted octanol–water partition coefficient (Wildman–Crippen LogP) is 1.90. The molecule has 0 bridgehead atoms. The van der Waals surface area contributed by atoms with Crippen LogP contribution in [0.2, 0.25) is 0 Å². The molecule has 2 rings (SSSR count). The number of aromatic carboxylic acids is 1. The molecule has 0 aliphatic heterocycles. The zero-order valence-corrected chi connectivity index (χ0v) is 13.3. The summed E-state index contributed by atoms with van der Waals surface area (Å²) in [6.07, 6.45) is 2.26. The van der Waals surface area contributed by atoms with Crippen LogP contribution in [0.5, 0.6) is 0 Å². The third-order valence-corrected chi connectivity index (χ3v) is 5.13. The predicted molar refractivity (Wildman–Crippen MR) is 84.5 cm³/mol. The van der Waals surface area contributed by atoms with Crippen molar-refractivity contribution in [3.05, 3.63) is 58.4 Å². The largest absolute Gasteiger partial charge is 0.478 e. The Morgan fingerprint density at radius 2 is 2.00 bits per heavy atom. The Hall–Kier alpha value is -3.01. The Kier molecular flexibility index (Phi) is 4.79. The summed E-state index contributed by atoms with van der Waals surface area (Å²) in [5.74, 6) is -1.26. The van der Waals surface area contributed by atoms with Crippen molar-refractivity contribution in [1.29, 1.82) is 0 Å². The molecule has 24 heavy (non-hydrogen) atoms. The van der Waals surface area contributed by atoms with E-state index < -0.39 is 31.5 Å². The van der Waals surface area contributed by atoms with Gasteiger partial charge >= 0.3 is 5.97 Å². The molecule has 1 heterocycles. The van der Waals surface area contributed by atoms with Crippen molar-refractivity contribution in [3.63, 3.8) is 0 Å². The summed E-state index contributed by atoms with van der Waals surface area (Å²) in [4.78, 5) is 24.6. The van der Waals surface area contributed by atoms with Gasteiger partial charge in [0.15, 0.2) is 4.90 Å². The van der Waals surface area contributed by atoms with Crippen LogP contribution in [0.25, 0.3) is 0 Å². The zero-order valence-electron chi connectivity index (χ0n) is 12.5. The van der Waals surface area contributed by atoms with Gasteiger partial charge in [0.25, 0.3) is 15.7 Å². The highest BCUT2D eigenvalue weighted by Crippen LogP contribution is 2.29. The van der Waals surface area contributed by atoms with Gasteiger partial charge in [0.2, 0.25) is 0 Å². The fraction of sp³-hybridized carbons (Fsp3) is 0.143. The molecule has 1 aromatic heterocycles. The summed E-state index contributed by atoms with van der Waals surface area (Å²) in [5.41, 5.74) is -0.738. The number of hydrogen-bond acceptors (Lipinski definition) is 6. The molecule has 1 N–H and O–H groups in total. The van der Waals surface area contributed by atoms with Gasteiger partial charge in [-0.05, 0) is 19.1 Å². The molecule has 0 amide bonds. The van der Waals surface area contributed by atoms with Gasteiger partial charge < -0.3 is 5.11 Å². The Balaban J connectivity index is 2.60. The molecule has 0 saturated carbocycles. The van der Waals surface area contributed by atoms with E-state index >= 15 is 0 Å². The van der Waals surface area contributed by atoms with E-state index in [-0.39, 0.29) is 17.8 Å². The minimum absolute atomic E-state index is 0.00977. The minimum atomic E-state index is -4.26. The number of para-hydroxylation sites is 1. The molecule has 10 heteroatoms. The Bertz CT molecular complexity index is 897. The summed E-state index contributed by atoms with van der Waals surface area (Å²) in [5, 5.41) is 20.1. The third kappa shape index (κ3) is 3.18. The topological polar surface area (TPSA) is 131 Å². The number of carboxylic acid groups (broad SMARTS) is 1. The zero-order chi connectivity index (χ0) is 17.9. The number of carboxylic acids is 1. The molecule has 0 aliphatic carbocycles. The molecule has 9 nitrogen and oxygen atoms in total. The maximum absolute atomic E-state index is 12.8. The first-order chi connectivity index (χ1) is 11.3. The number of sulfonamides is 1. The molecule has 0 spiro atoms. The molecule has 0 fully saturated rings. The van der Waals surface area contributed by atoms with Gasteiger partial charge in [0.1, 0.15) is 0 Å². The van der Waals surface area contributed by atoms with Crippen LogP contribution in [-0.4, -0.2) is 35.9 Å². The standard InChI is InChI=1S/C14H13N3O6S/c1-2-16(11-7-10(14(18)19)8-15-9-11)24(22,23)13-6-4-3-5-12(13)17(20)21/h3-9H,2H2,1H3,(H,18,19). The van der Waals surface area contributed by atoms with Crippen LogP contribution in [0.3, 0.4) is 0 Å². The SMILES string of the molecule is CCN(c1cncc(C(=O)O)c1)S(=O)(=O)c1ccccc1[N+](=O)[O-]. The number of pyridine rings is 1. The summed E-state index contributed by atoms with van der Waals surface area (Å²) < 4.78 is 26.5. The Labute approximate surface area is 137 Å². The van der Waals surface area contributed by atoms with Gasteiger partial charge in [-0.2, -0.15) is 0 Å². The first kappa shape index (κ1) is 17.3. The summed E-state index contributed by atoms with van der Waals surface area (Å²) in [6.45, 7) is 1.47. The fourth-order valence-corrected chi connectivity index (χ4v) is 3.73. The average molecular weight is 351 g/mol. The van der Waals surface area contributed by atoms with E-state index in [0.29, 0.717) is 0 Å². The smallest absolute Gasteiger partial charge is 0.337 e. The fourth-order valence-electron chi connectivity index (χ4n) is 2.12. The normalized spacial score (nSPS) is 11.0. The van der Waals surface area contributed by atoms with E-state index in [0.717, 1.165) is 28.7 Å². The van der Waals surface area contributed by atoms with Crippen molar-refractivity contribution in [2.75, 3.05) is 10.8 Å². The number of aromatic nitrogens is 1. The number of rotatable bonds is 6. The quantitative estimate of drug-likeness (QED) is 0.621. The van der Waals surface area contributed by atoms with Gasteiger partial charge in [-0.25, -0.2) is 13.2 Å². The molecule has 0 aliphatic rings. The van der Waals surface area contributed by atoms with Crippen molar-refractivity contribution in [2.24, 2.45) is 0 Å². The minimum Gasteiger partial charge on any atom is -0.478 e. The maximum atomic E-state index is 12.8. The second-order valence-electron chi connectivity index (χ2n) is 4.63. The van der Waals surface area contributed by atoms with Crippen LogP contribution in [0.15, 0.2) is 47.6 Å². The highest BCUT2D eigenvalue weighted by atomic mass is 32.2. The highest BCUT2D eigenvalue weighted by molar-refractivity contribution is 7.93. The summed E-state index contributed by atoms with van der Waals surface area (Å²) >= 11 is 0. The molecule has 1 aromatic carbocycles. The first-order valence-corrected chi connectivity index (χ1v) is 8.17. The van der Waals surface area contributed by atoms with E-state index in [1.807, 2.05) is 0 Å². The maximum Gasteiger partial charge on any atom is 0.337 e. The lowest BCUT2D eigenvalue weighted by molar-refractivity contribution is -0.387. The average Bonchev–Trinajstić information content (AvgIpc) is 2.55.